The predicted molar refractivity (Wildman–Crippen MR) is 62.0 cm³/mol. The Hall–Kier alpha value is -0.950. The summed E-state index contributed by atoms with van der Waals surface area (Å²) in [5, 5.41) is 21.9. The van der Waals surface area contributed by atoms with Crippen LogP contribution in [0.25, 0.3) is 0 Å². The highest BCUT2D eigenvalue weighted by Crippen LogP contribution is 2.24. The van der Waals surface area contributed by atoms with Gasteiger partial charge in [0.1, 0.15) is 0 Å². The van der Waals surface area contributed by atoms with E-state index in [0.717, 1.165) is 0 Å². The van der Waals surface area contributed by atoms with Crippen molar-refractivity contribution < 1.29 is 15.0 Å². The Labute approximate surface area is 101 Å². The minimum absolute atomic E-state index is 0.211. The number of primary amides is 1. The summed E-state index contributed by atoms with van der Waals surface area (Å²) in [6.45, 7) is 1.44. The van der Waals surface area contributed by atoms with Gasteiger partial charge in [-0.2, -0.15) is 0 Å². The Morgan fingerprint density at radius 1 is 1.50 bits per heavy atom. The van der Waals surface area contributed by atoms with Crippen LogP contribution in [-0.2, 0) is 10.7 Å². The van der Waals surface area contributed by atoms with Crippen LogP contribution in [0.3, 0.4) is 0 Å². The largest absolute Gasteiger partial charge is 0.368 e. The molecule has 0 aliphatic carbocycles. The third-order valence-corrected chi connectivity index (χ3v) is 2.79. The first-order valence-corrected chi connectivity index (χ1v) is 5.40. The Morgan fingerprint density at radius 3 is 2.56 bits per heavy atom. The van der Waals surface area contributed by atoms with Crippen molar-refractivity contribution >= 4 is 21.8 Å². The van der Waals surface area contributed by atoms with Crippen LogP contribution in [0.1, 0.15) is 12.5 Å². The van der Waals surface area contributed by atoms with Crippen molar-refractivity contribution in [3.63, 3.8) is 0 Å². The lowest BCUT2D eigenvalue weighted by Crippen LogP contribution is -2.51. The fourth-order valence-corrected chi connectivity index (χ4v) is 1.76. The molecule has 0 saturated heterocycles. The van der Waals surface area contributed by atoms with E-state index in [0.29, 0.717) is 4.47 Å². The van der Waals surface area contributed by atoms with Gasteiger partial charge in [-0.05, 0) is 13.0 Å². The van der Waals surface area contributed by atoms with Gasteiger partial charge in [-0.1, -0.05) is 34.1 Å². The summed E-state index contributed by atoms with van der Waals surface area (Å²) in [4.78, 5) is 10.8. The minimum atomic E-state index is -2.31. The van der Waals surface area contributed by atoms with Crippen LogP contribution in [0.15, 0.2) is 28.7 Å². The van der Waals surface area contributed by atoms with Crippen molar-refractivity contribution in [3.8, 4) is 0 Å². The molecule has 0 bridgehead atoms. The molecule has 6 heteroatoms. The zero-order chi connectivity index (χ0) is 12.3. The second-order valence-corrected chi connectivity index (χ2v) is 4.27. The fourth-order valence-electron chi connectivity index (χ4n) is 1.19. The third kappa shape index (κ3) is 3.02. The summed E-state index contributed by atoms with van der Waals surface area (Å²) >= 11 is 3.18. The van der Waals surface area contributed by atoms with Crippen LogP contribution in [-0.4, -0.2) is 22.2 Å². The van der Waals surface area contributed by atoms with E-state index < -0.39 is 17.9 Å². The lowest BCUT2D eigenvalue weighted by molar-refractivity contribution is -0.201. The molecule has 1 aromatic rings. The van der Waals surface area contributed by atoms with Gasteiger partial charge in [0.2, 0.25) is 5.91 Å². The summed E-state index contributed by atoms with van der Waals surface area (Å²) < 4.78 is 0.518. The fraction of sp³-hybridized carbons (Fsp3) is 0.300. The molecule has 5 nitrogen and oxygen atoms in total. The van der Waals surface area contributed by atoms with Crippen molar-refractivity contribution in [2.45, 2.75) is 18.9 Å². The van der Waals surface area contributed by atoms with Gasteiger partial charge in [-0.3, -0.25) is 10.1 Å². The average molecular weight is 289 g/mol. The highest BCUT2D eigenvalue weighted by Gasteiger charge is 2.30. The molecule has 0 aliphatic rings. The molecule has 0 fully saturated rings. The molecule has 0 aliphatic heterocycles. The Bertz CT molecular complexity index is 395. The molecule has 5 N–H and O–H groups in total. The monoisotopic (exact) mass is 288 g/mol. The van der Waals surface area contributed by atoms with Crippen LogP contribution in [0, 0.1) is 0 Å². The number of carbonyl (C=O) groups excluding carboxylic acids is 1. The third-order valence-electron chi connectivity index (χ3n) is 2.09. The number of aliphatic hydroxyl groups is 2. The highest BCUT2D eigenvalue weighted by atomic mass is 79.9. The lowest BCUT2D eigenvalue weighted by Gasteiger charge is -2.26. The molecule has 0 spiro atoms. The van der Waals surface area contributed by atoms with E-state index in [-0.39, 0.29) is 5.56 Å². The number of halogens is 1. The summed E-state index contributed by atoms with van der Waals surface area (Å²) in [5.74, 6) is -2.98. The first-order valence-electron chi connectivity index (χ1n) is 4.61. The molecule has 1 rings (SSSR count). The van der Waals surface area contributed by atoms with Gasteiger partial charge in [-0.15, -0.1) is 0 Å². The molecule has 16 heavy (non-hydrogen) atoms. The smallest absolute Gasteiger partial charge is 0.252 e. The number of nitrogens with one attached hydrogen (secondary N) is 1. The summed E-state index contributed by atoms with van der Waals surface area (Å²) in [7, 11) is 0. The number of rotatable bonds is 4. The van der Waals surface area contributed by atoms with Crippen molar-refractivity contribution in [1.82, 2.24) is 5.32 Å². The zero-order valence-corrected chi connectivity index (χ0v) is 10.2. The molecule has 0 radical (unpaired) electrons. The van der Waals surface area contributed by atoms with Crippen LogP contribution < -0.4 is 11.1 Å². The minimum Gasteiger partial charge on any atom is -0.368 e. The maximum Gasteiger partial charge on any atom is 0.252 e. The van der Waals surface area contributed by atoms with Crippen LogP contribution in [0.4, 0.5) is 0 Å². The Morgan fingerprint density at radius 2 is 2.06 bits per heavy atom. The number of hydrogen-bond acceptors (Lipinski definition) is 4. The van der Waals surface area contributed by atoms with Gasteiger partial charge in [-0.25, -0.2) is 0 Å². The summed E-state index contributed by atoms with van der Waals surface area (Å²) in [6.07, 6.45) is 0. The first-order chi connectivity index (χ1) is 7.34. The second-order valence-electron chi connectivity index (χ2n) is 3.42. The van der Waals surface area contributed by atoms with Gasteiger partial charge in [0, 0.05) is 10.0 Å². The van der Waals surface area contributed by atoms with Crippen molar-refractivity contribution in [1.29, 1.82) is 0 Å². The average Bonchev–Trinajstić information content (AvgIpc) is 2.17. The van der Waals surface area contributed by atoms with E-state index in [9.17, 15) is 15.0 Å². The topological polar surface area (TPSA) is 95.6 Å². The van der Waals surface area contributed by atoms with E-state index >= 15 is 0 Å². The predicted octanol–water partition coefficient (Wildman–Crippen LogP) is 0.00740. The molecule has 0 unspecified atom stereocenters. The van der Waals surface area contributed by atoms with Crippen LogP contribution >= 0.6 is 15.9 Å². The molecule has 0 saturated carbocycles. The molecule has 1 amide bonds. The number of amides is 1. The molecular weight excluding hydrogens is 276 g/mol. The van der Waals surface area contributed by atoms with Gasteiger partial charge in [0.05, 0.1) is 6.04 Å². The Kier molecular flexibility index (Phi) is 4.03. The quantitative estimate of drug-likeness (QED) is 0.587. The maximum absolute atomic E-state index is 10.8. The summed E-state index contributed by atoms with van der Waals surface area (Å²) in [6, 6.07) is 5.71. The molecule has 0 heterocycles. The van der Waals surface area contributed by atoms with Crippen LogP contribution in [0.5, 0.6) is 0 Å². The number of hydrogen-bond donors (Lipinski definition) is 4. The first kappa shape index (κ1) is 13.1. The van der Waals surface area contributed by atoms with E-state index in [1.807, 2.05) is 0 Å². The van der Waals surface area contributed by atoms with E-state index in [1.54, 1.807) is 18.2 Å². The van der Waals surface area contributed by atoms with E-state index in [4.69, 9.17) is 5.73 Å². The van der Waals surface area contributed by atoms with Gasteiger partial charge >= 0.3 is 0 Å². The molecule has 1 atom stereocenters. The van der Waals surface area contributed by atoms with Crippen molar-refractivity contribution in [2.75, 3.05) is 0 Å². The Balaban J connectivity index is 2.94. The number of benzene rings is 1. The van der Waals surface area contributed by atoms with Gasteiger partial charge in [0.15, 0.2) is 0 Å². The summed E-state index contributed by atoms with van der Waals surface area (Å²) in [5.41, 5.74) is 5.24. The SMILES string of the molecule is C[C@H](NC(O)(O)c1ccccc1Br)C(N)=O. The standard InChI is InChI=1S/C10H13BrN2O3/c1-6(9(12)14)13-10(15,16)7-4-2-3-5-8(7)11/h2-6,13,15-16H,1H3,(H2,12,14)/t6-/m0/s1. The molecule has 88 valence electrons. The number of nitrogens with two attached hydrogens (primary N) is 1. The molecular formula is C10H13BrN2O3. The van der Waals surface area contributed by atoms with Crippen LogP contribution in [0.2, 0.25) is 0 Å². The van der Waals surface area contributed by atoms with Crippen molar-refractivity contribution in [3.05, 3.63) is 34.3 Å². The lowest BCUT2D eigenvalue weighted by atomic mass is 10.1. The van der Waals surface area contributed by atoms with E-state index in [2.05, 4.69) is 21.2 Å². The van der Waals surface area contributed by atoms with Gasteiger partial charge in [0.25, 0.3) is 5.91 Å². The number of carbonyl (C=O) groups is 1. The zero-order valence-electron chi connectivity index (χ0n) is 8.64. The van der Waals surface area contributed by atoms with E-state index in [1.165, 1.54) is 13.0 Å². The molecule has 0 aromatic heterocycles. The van der Waals surface area contributed by atoms with Crippen molar-refractivity contribution in [2.24, 2.45) is 5.73 Å². The second kappa shape index (κ2) is 4.92. The maximum atomic E-state index is 10.8. The highest BCUT2D eigenvalue weighted by molar-refractivity contribution is 9.10. The van der Waals surface area contributed by atoms with Gasteiger partial charge < -0.3 is 15.9 Å². The normalized spacial score (nSPS) is 13.5. The molecule has 1 aromatic carbocycles.